The minimum atomic E-state index is -1.52. The maximum absolute atomic E-state index is 13.7. The highest BCUT2D eigenvalue weighted by molar-refractivity contribution is 6.77. The van der Waals surface area contributed by atoms with Crippen molar-refractivity contribution < 1.29 is 14.3 Å². The molecule has 4 rings (SSSR count). The van der Waals surface area contributed by atoms with Crippen LogP contribution in [0.1, 0.15) is 13.8 Å². The number of carbonyl (C=O) groups is 2. The third kappa shape index (κ3) is 4.25. The van der Waals surface area contributed by atoms with Crippen LogP contribution in [-0.4, -0.2) is 35.4 Å². The van der Waals surface area contributed by atoms with Crippen molar-refractivity contribution in [2.75, 3.05) is 16.9 Å². The van der Waals surface area contributed by atoms with E-state index in [0.29, 0.717) is 17.1 Å². The highest BCUT2D eigenvalue weighted by Crippen LogP contribution is 2.34. The van der Waals surface area contributed by atoms with Crippen molar-refractivity contribution in [1.82, 2.24) is 0 Å². The molecule has 0 saturated carbocycles. The summed E-state index contributed by atoms with van der Waals surface area (Å²) in [7, 11) is 0. The highest BCUT2D eigenvalue weighted by atomic mass is 16.5. The van der Waals surface area contributed by atoms with Crippen LogP contribution in [0.25, 0.3) is 0 Å². The number of hydrogen-bond acceptors (Lipinski definition) is 6. The minimum Gasteiger partial charge on any atom is -0.464 e. The molecule has 0 spiro atoms. The molecule has 0 radical (unpaired) electrons. The molecular weight excluding hydrogens is 416 g/mol. The monoisotopic (exact) mass is 440 g/mol. The molecule has 1 aliphatic rings. The molecule has 1 fully saturated rings. The van der Waals surface area contributed by atoms with Gasteiger partial charge in [0.05, 0.1) is 18.0 Å². The second-order valence-electron chi connectivity index (χ2n) is 7.50. The quantitative estimate of drug-likeness (QED) is 0.449. The number of ether oxygens (including phenoxy) is 1. The van der Waals surface area contributed by atoms with Crippen LogP contribution in [0.3, 0.4) is 0 Å². The first-order valence-corrected chi connectivity index (χ1v) is 10.7. The first kappa shape index (κ1) is 22.0. The van der Waals surface area contributed by atoms with E-state index in [0.717, 1.165) is 0 Å². The second kappa shape index (κ2) is 9.48. The number of carbonyl (C=O) groups excluding carboxylic acids is 2. The summed E-state index contributed by atoms with van der Waals surface area (Å²) in [5.74, 6) is -1.02. The van der Waals surface area contributed by atoms with Crippen molar-refractivity contribution in [3.05, 3.63) is 91.0 Å². The SMILES string of the molecule is CCOC(=O)C1(C)/C(=N/Nc2ccccc2)C(=Nc2ccccc2)C(=O)N1c1ccccc1. The minimum absolute atomic E-state index is 0.0732. The van der Waals surface area contributed by atoms with Crippen molar-refractivity contribution in [1.29, 1.82) is 0 Å². The van der Waals surface area contributed by atoms with Crippen molar-refractivity contribution >= 4 is 40.4 Å². The van der Waals surface area contributed by atoms with Crippen LogP contribution in [-0.2, 0) is 14.3 Å². The fourth-order valence-electron chi connectivity index (χ4n) is 3.69. The Morgan fingerprint density at radius 1 is 0.939 bits per heavy atom. The summed E-state index contributed by atoms with van der Waals surface area (Å²) in [6, 6.07) is 27.4. The molecule has 1 atom stereocenters. The lowest BCUT2D eigenvalue weighted by atomic mass is 9.95. The van der Waals surface area contributed by atoms with E-state index in [4.69, 9.17) is 4.74 Å². The van der Waals surface area contributed by atoms with Crippen molar-refractivity contribution in [3.63, 3.8) is 0 Å². The summed E-state index contributed by atoms with van der Waals surface area (Å²) in [6.07, 6.45) is 0. The zero-order chi connectivity index (χ0) is 23.3. The van der Waals surface area contributed by atoms with Gasteiger partial charge in [-0.15, -0.1) is 0 Å². The van der Waals surface area contributed by atoms with E-state index < -0.39 is 17.4 Å². The molecule has 3 aromatic carbocycles. The maximum atomic E-state index is 13.7. The first-order valence-electron chi connectivity index (χ1n) is 10.7. The standard InChI is InChI=1S/C26H24N4O3/c1-3-33-25(32)26(2)23(29-28-20-15-9-5-10-16-20)22(27-19-13-7-4-8-14-19)24(31)30(26)21-17-11-6-12-18-21/h4-18,28H,3H2,1-2H3/b27-22?,29-23+. The van der Waals surface area contributed by atoms with E-state index in [2.05, 4.69) is 15.5 Å². The summed E-state index contributed by atoms with van der Waals surface area (Å²) in [5, 5.41) is 4.53. The molecule has 1 saturated heterocycles. The molecule has 0 bridgehead atoms. The van der Waals surface area contributed by atoms with Gasteiger partial charge >= 0.3 is 5.97 Å². The Morgan fingerprint density at radius 2 is 1.52 bits per heavy atom. The van der Waals surface area contributed by atoms with Gasteiger partial charge in [0.1, 0.15) is 5.71 Å². The predicted octanol–water partition coefficient (Wildman–Crippen LogP) is 4.60. The normalized spacial score (nSPS) is 20.3. The Balaban J connectivity index is 1.91. The van der Waals surface area contributed by atoms with E-state index in [1.807, 2.05) is 54.6 Å². The van der Waals surface area contributed by atoms with Gasteiger partial charge in [-0.05, 0) is 50.2 Å². The Hall–Kier alpha value is -4.26. The lowest BCUT2D eigenvalue weighted by Gasteiger charge is -2.32. The molecule has 7 heteroatoms. The second-order valence-corrected chi connectivity index (χ2v) is 7.50. The van der Waals surface area contributed by atoms with Crippen LogP contribution >= 0.6 is 0 Å². The summed E-state index contributed by atoms with van der Waals surface area (Å²) in [6.45, 7) is 3.52. The topological polar surface area (TPSA) is 83.4 Å². The molecule has 1 unspecified atom stereocenters. The zero-order valence-electron chi connectivity index (χ0n) is 18.4. The molecule has 7 nitrogen and oxygen atoms in total. The molecular formula is C26H24N4O3. The van der Waals surface area contributed by atoms with Crippen molar-refractivity contribution in [3.8, 4) is 0 Å². The number of nitrogens with zero attached hydrogens (tertiary/aromatic N) is 3. The van der Waals surface area contributed by atoms with Gasteiger partial charge in [0.25, 0.3) is 5.91 Å². The van der Waals surface area contributed by atoms with Crippen LogP contribution in [0.5, 0.6) is 0 Å². The third-order valence-corrected chi connectivity index (χ3v) is 5.29. The van der Waals surface area contributed by atoms with E-state index in [-0.39, 0.29) is 18.0 Å². The average molecular weight is 441 g/mol. The van der Waals surface area contributed by atoms with Gasteiger partial charge in [-0.1, -0.05) is 54.6 Å². The van der Waals surface area contributed by atoms with E-state index >= 15 is 0 Å². The summed E-state index contributed by atoms with van der Waals surface area (Å²) >= 11 is 0. The summed E-state index contributed by atoms with van der Waals surface area (Å²) in [5.41, 5.74) is 3.53. The van der Waals surface area contributed by atoms with Gasteiger partial charge in [0, 0.05) is 5.69 Å². The molecule has 1 heterocycles. The molecule has 1 N–H and O–H groups in total. The number of aliphatic imine (C=N–C) groups is 1. The number of nitrogens with one attached hydrogen (secondary N) is 1. The molecule has 166 valence electrons. The van der Waals surface area contributed by atoms with E-state index in [1.54, 1.807) is 50.2 Å². The van der Waals surface area contributed by atoms with E-state index in [1.165, 1.54) is 4.90 Å². The Bertz CT molecular complexity index is 1190. The summed E-state index contributed by atoms with van der Waals surface area (Å²) < 4.78 is 5.41. The lowest BCUT2D eigenvalue weighted by Crippen LogP contribution is -2.55. The Morgan fingerprint density at radius 3 is 2.12 bits per heavy atom. The van der Waals surface area contributed by atoms with Gasteiger partial charge < -0.3 is 4.74 Å². The lowest BCUT2D eigenvalue weighted by molar-refractivity contribution is -0.146. The number of anilines is 2. The zero-order valence-corrected chi connectivity index (χ0v) is 18.4. The molecule has 0 aromatic heterocycles. The largest absolute Gasteiger partial charge is 0.464 e. The maximum Gasteiger partial charge on any atom is 0.338 e. The molecule has 3 aromatic rings. The number of rotatable bonds is 6. The van der Waals surface area contributed by atoms with Crippen LogP contribution < -0.4 is 10.3 Å². The predicted molar refractivity (Wildman–Crippen MR) is 130 cm³/mol. The van der Waals surface area contributed by atoms with Gasteiger partial charge in [0.15, 0.2) is 11.3 Å². The fourth-order valence-corrected chi connectivity index (χ4v) is 3.69. The number of para-hydroxylation sites is 3. The number of hydrogen-bond donors (Lipinski definition) is 1. The highest BCUT2D eigenvalue weighted by Gasteiger charge is 2.58. The van der Waals surface area contributed by atoms with Gasteiger partial charge in [-0.25, -0.2) is 9.79 Å². The van der Waals surface area contributed by atoms with Gasteiger partial charge in [-0.3, -0.25) is 15.1 Å². The summed E-state index contributed by atoms with van der Waals surface area (Å²) in [4.78, 5) is 33.1. The Labute approximate surface area is 192 Å². The molecule has 0 aliphatic carbocycles. The van der Waals surface area contributed by atoms with Crippen molar-refractivity contribution in [2.45, 2.75) is 19.4 Å². The van der Waals surface area contributed by atoms with Crippen LogP contribution in [0.2, 0.25) is 0 Å². The Kier molecular flexibility index (Phi) is 6.31. The smallest absolute Gasteiger partial charge is 0.338 e. The average Bonchev–Trinajstić information content (AvgIpc) is 3.06. The van der Waals surface area contributed by atoms with Gasteiger partial charge in [-0.2, -0.15) is 5.10 Å². The molecule has 1 aliphatic heterocycles. The molecule has 1 amide bonds. The first-order chi connectivity index (χ1) is 16.1. The number of benzene rings is 3. The van der Waals surface area contributed by atoms with Crippen LogP contribution in [0.15, 0.2) is 101 Å². The van der Waals surface area contributed by atoms with E-state index in [9.17, 15) is 9.59 Å². The number of esters is 1. The van der Waals surface area contributed by atoms with Gasteiger partial charge in [0.2, 0.25) is 0 Å². The van der Waals surface area contributed by atoms with Crippen molar-refractivity contribution in [2.24, 2.45) is 10.1 Å². The number of hydrazone groups is 1. The van der Waals surface area contributed by atoms with Crippen LogP contribution in [0, 0.1) is 0 Å². The fraction of sp³-hybridized carbons (Fsp3) is 0.154. The molecule has 33 heavy (non-hydrogen) atoms. The van der Waals surface area contributed by atoms with Crippen LogP contribution in [0.4, 0.5) is 17.1 Å². The third-order valence-electron chi connectivity index (χ3n) is 5.29. The number of amides is 1.